The number of esters is 2. The molecule has 1 aromatic heterocycles. The molecule has 2 rings (SSSR count). The molecule has 1 N–H and O–H groups in total. The summed E-state index contributed by atoms with van der Waals surface area (Å²) in [5.41, 5.74) is 1.17. The summed E-state index contributed by atoms with van der Waals surface area (Å²) in [7, 11) is 0. The molecule has 1 unspecified atom stereocenters. The summed E-state index contributed by atoms with van der Waals surface area (Å²) in [6, 6.07) is 4.93. The molecule has 2 heterocycles. The van der Waals surface area contributed by atoms with E-state index in [9.17, 15) is 29.8 Å². The molecule has 1 aliphatic rings. The van der Waals surface area contributed by atoms with Gasteiger partial charge in [0, 0.05) is 17.6 Å². The standard InChI is InChI=1S/C20H24N4O10/c1-11(2)33-19(25)16-12(3)22-13(4)17(18(16)15-7-5-6-8-21-15)20(26)34-14(9-31-23(27)28)10-32-24(29)30/h5-8,11,14,18,22H,9-10H2,1-4H3. The van der Waals surface area contributed by atoms with Gasteiger partial charge in [0.25, 0.3) is 10.2 Å². The van der Waals surface area contributed by atoms with Crippen LogP contribution in [-0.2, 0) is 28.7 Å². The number of allylic oxidation sites excluding steroid dienone is 2. The van der Waals surface area contributed by atoms with Crippen molar-refractivity contribution in [2.24, 2.45) is 0 Å². The van der Waals surface area contributed by atoms with Gasteiger partial charge in [-0.25, -0.2) is 9.59 Å². The monoisotopic (exact) mass is 480 g/mol. The van der Waals surface area contributed by atoms with Gasteiger partial charge in [0.05, 0.1) is 28.9 Å². The van der Waals surface area contributed by atoms with E-state index in [1.807, 2.05) is 0 Å². The first-order valence-corrected chi connectivity index (χ1v) is 10.1. The number of rotatable bonds is 11. The second-order valence-electron chi connectivity index (χ2n) is 7.41. The molecule has 14 heteroatoms. The maximum Gasteiger partial charge on any atom is 0.337 e. The fourth-order valence-electron chi connectivity index (χ4n) is 3.27. The lowest BCUT2D eigenvalue weighted by molar-refractivity contribution is -0.768. The highest BCUT2D eigenvalue weighted by atomic mass is 17.0. The number of aromatic nitrogens is 1. The Labute approximate surface area is 193 Å². The van der Waals surface area contributed by atoms with Gasteiger partial charge in [-0.2, -0.15) is 0 Å². The van der Waals surface area contributed by atoms with Crippen molar-refractivity contribution in [1.29, 1.82) is 0 Å². The van der Waals surface area contributed by atoms with Crippen LogP contribution in [-0.4, -0.2) is 52.5 Å². The van der Waals surface area contributed by atoms with Crippen molar-refractivity contribution in [3.63, 3.8) is 0 Å². The Balaban J connectivity index is 2.45. The minimum absolute atomic E-state index is 0.0350. The highest BCUT2D eigenvalue weighted by Crippen LogP contribution is 2.38. The number of carbonyl (C=O) groups excluding carboxylic acids is 2. The zero-order chi connectivity index (χ0) is 25.4. The molecule has 0 fully saturated rings. The van der Waals surface area contributed by atoms with Gasteiger partial charge >= 0.3 is 11.9 Å². The lowest BCUT2D eigenvalue weighted by Gasteiger charge is -2.31. The summed E-state index contributed by atoms with van der Waals surface area (Å²) >= 11 is 0. The van der Waals surface area contributed by atoms with E-state index in [2.05, 4.69) is 20.0 Å². The summed E-state index contributed by atoms with van der Waals surface area (Å²) < 4.78 is 10.6. The van der Waals surface area contributed by atoms with Gasteiger partial charge in [0.15, 0.2) is 0 Å². The van der Waals surface area contributed by atoms with E-state index in [1.165, 1.54) is 6.20 Å². The fourth-order valence-corrected chi connectivity index (χ4v) is 3.27. The van der Waals surface area contributed by atoms with E-state index < -0.39 is 53.5 Å². The Morgan fingerprint density at radius 2 is 1.53 bits per heavy atom. The third-order valence-electron chi connectivity index (χ3n) is 4.53. The van der Waals surface area contributed by atoms with Crippen molar-refractivity contribution < 1.29 is 38.9 Å². The number of pyridine rings is 1. The fraction of sp³-hybridized carbons (Fsp3) is 0.450. The van der Waals surface area contributed by atoms with E-state index in [1.54, 1.807) is 45.9 Å². The Morgan fingerprint density at radius 3 is 1.97 bits per heavy atom. The first-order valence-electron chi connectivity index (χ1n) is 10.1. The average molecular weight is 480 g/mol. The summed E-state index contributed by atoms with van der Waals surface area (Å²) in [6.07, 6.45) is -0.455. The molecular formula is C20H24N4O10. The van der Waals surface area contributed by atoms with E-state index >= 15 is 0 Å². The van der Waals surface area contributed by atoms with Gasteiger partial charge < -0.3 is 24.5 Å². The quantitative estimate of drug-likeness (QED) is 0.275. The molecule has 0 amide bonds. The molecule has 0 radical (unpaired) electrons. The number of nitrogens with zero attached hydrogens (tertiary/aromatic N) is 3. The highest BCUT2D eigenvalue weighted by molar-refractivity contribution is 5.99. The van der Waals surface area contributed by atoms with Crippen LogP contribution in [0.2, 0.25) is 0 Å². The molecule has 0 aliphatic carbocycles. The zero-order valence-corrected chi connectivity index (χ0v) is 18.9. The Kier molecular flexibility index (Phi) is 8.86. The second-order valence-corrected chi connectivity index (χ2v) is 7.41. The summed E-state index contributed by atoms with van der Waals surface area (Å²) in [5.74, 6) is -2.69. The van der Waals surface area contributed by atoms with Crippen LogP contribution in [0.25, 0.3) is 0 Å². The van der Waals surface area contributed by atoms with E-state index in [4.69, 9.17) is 9.47 Å². The normalized spacial score (nSPS) is 15.6. The maximum absolute atomic E-state index is 13.2. The predicted molar refractivity (Wildman–Crippen MR) is 113 cm³/mol. The third-order valence-corrected chi connectivity index (χ3v) is 4.53. The molecule has 0 saturated carbocycles. The van der Waals surface area contributed by atoms with Crippen LogP contribution < -0.4 is 5.32 Å². The number of dihydropyridines is 1. The van der Waals surface area contributed by atoms with Crippen molar-refractivity contribution in [1.82, 2.24) is 10.3 Å². The SMILES string of the molecule is CC1=C(C(=O)OC(C)C)C(c2ccccn2)C(C(=O)OC(CO[N+](=O)[O-])CO[N+](=O)[O-])=C(C)N1. The molecule has 0 aromatic carbocycles. The number of hydrogen-bond acceptors (Lipinski definition) is 12. The number of nitrogens with one attached hydrogen (secondary N) is 1. The Bertz CT molecular complexity index is 988. The van der Waals surface area contributed by atoms with Crippen LogP contribution in [0.3, 0.4) is 0 Å². The minimum Gasteiger partial charge on any atom is -0.460 e. The van der Waals surface area contributed by atoms with Crippen molar-refractivity contribution >= 4 is 11.9 Å². The molecule has 14 nitrogen and oxygen atoms in total. The van der Waals surface area contributed by atoms with E-state index in [0.29, 0.717) is 17.1 Å². The van der Waals surface area contributed by atoms with Crippen molar-refractivity contribution in [3.05, 3.63) is 72.9 Å². The van der Waals surface area contributed by atoms with Crippen molar-refractivity contribution in [2.75, 3.05) is 13.2 Å². The summed E-state index contributed by atoms with van der Waals surface area (Å²) in [4.78, 5) is 59.9. The summed E-state index contributed by atoms with van der Waals surface area (Å²) in [6.45, 7) is 4.93. The topological polar surface area (TPSA) is 182 Å². The molecular weight excluding hydrogens is 456 g/mol. The summed E-state index contributed by atoms with van der Waals surface area (Å²) in [5, 5.41) is 21.8. The van der Waals surface area contributed by atoms with Crippen LogP contribution in [0.5, 0.6) is 0 Å². The Morgan fingerprint density at radius 1 is 1.00 bits per heavy atom. The largest absolute Gasteiger partial charge is 0.460 e. The van der Waals surface area contributed by atoms with Crippen molar-refractivity contribution in [2.45, 2.75) is 45.8 Å². The molecule has 0 bridgehead atoms. The lowest BCUT2D eigenvalue weighted by atomic mass is 9.82. The Hall–Kier alpha value is -4.23. The molecule has 1 atom stereocenters. The third kappa shape index (κ3) is 6.88. The molecule has 34 heavy (non-hydrogen) atoms. The average Bonchev–Trinajstić information content (AvgIpc) is 2.74. The first kappa shape index (κ1) is 26.0. The highest BCUT2D eigenvalue weighted by Gasteiger charge is 2.39. The maximum atomic E-state index is 13.2. The van der Waals surface area contributed by atoms with E-state index in [-0.39, 0.29) is 11.1 Å². The van der Waals surface area contributed by atoms with Crippen LogP contribution in [0.4, 0.5) is 0 Å². The van der Waals surface area contributed by atoms with Crippen molar-refractivity contribution in [3.8, 4) is 0 Å². The second kappa shape index (κ2) is 11.6. The van der Waals surface area contributed by atoms with Gasteiger partial charge in [0.2, 0.25) is 0 Å². The van der Waals surface area contributed by atoms with Crippen LogP contribution in [0, 0.1) is 20.2 Å². The smallest absolute Gasteiger partial charge is 0.337 e. The van der Waals surface area contributed by atoms with Crippen LogP contribution >= 0.6 is 0 Å². The van der Waals surface area contributed by atoms with E-state index in [0.717, 1.165) is 0 Å². The van der Waals surface area contributed by atoms with Gasteiger partial charge in [-0.15, -0.1) is 20.2 Å². The molecule has 1 aliphatic heterocycles. The molecule has 184 valence electrons. The van der Waals surface area contributed by atoms with Crippen LogP contribution in [0.15, 0.2) is 46.9 Å². The molecule has 1 aromatic rings. The molecule has 0 saturated heterocycles. The lowest BCUT2D eigenvalue weighted by Crippen LogP contribution is -2.36. The number of hydrogen-bond donors (Lipinski definition) is 1. The number of ether oxygens (including phenoxy) is 2. The first-order chi connectivity index (χ1) is 16.0. The minimum atomic E-state index is -1.49. The number of carbonyl (C=O) groups is 2. The van der Waals surface area contributed by atoms with Gasteiger partial charge in [-0.3, -0.25) is 4.98 Å². The van der Waals surface area contributed by atoms with Gasteiger partial charge in [-0.05, 0) is 39.8 Å². The van der Waals surface area contributed by atoms with Crippen LogP contribution in [0.1, 0.15) is 39.3 Å². The predicted octanol–water partition coefficient (Wildman–Crippen LogP) is 1.60. The van der Waals surface area contributed by atoms with Gasteiger partial charge in [-0.1, -0.05) is 6.07 Å². The van der Waals surface area contributed by atoms with Gasteiger partial charge in [0.1, 0.15) is 19.3 Å². The zero-order valence-electron chi connectivity index (χ0n) is 18.9. The molecule has 0 spiro atoms.